The molecule has 0 heterocycles. The second-order valence-corrected chi connectivity index (χ2v) is 23.9. The van der Waals surface area contributed by atoms with Crippen molar-refractivity contribution in [2.24, 2.45) is 0 Å². The first-order valence-corrected chi connectivity index (χ1v) is 30.0. The van der Waals surface area contributed by atoms with Crippen molar-refractivity contribution in [2.45, 2.75) is 38.5 Å². The van der Waals surface area contributed by atoms with Crippen molar-refractivity contribution in [3.8, 4) is 112 Å². The fourth-order valence-electron chi connectivity index (χ4n) is 12.7. The Morgan fingerprint density at radius 3 is 0.953 bits per heavy atom. The van der Waals surface area contributed by atoms with Gasteiger partial charge in [-0.2, -0.15) is 0 Å². The van der Waals surface area contributed by atoms with Gasteiger partial charge in [-0.15, -0.1) is 0 Å². The first kappa shape index (κ1) is 57.2. The highest BCUT2D eigenvalue weighted by molar-refractivity contribution is 9.10. The highest BCUT2D eigenvalue weighted by atomic mass is 79.9. The Balaban J connectivity index is 0.000000140. The van der Waals surface area contributed by atoms with Crippen molar-refractivity contribution in [3.63, 3.8) is 0 Å². The van der Waals surface area contributed by atoms with Gasteiger partial charge in [0.1, 0.15) is 11.5 Å². The van der Waals surface area contributed by atoms with Crippen LogP contribution < -0.4 is 14.9 Å². The molecule has 4 nitrogen and oxygen atoms in total. The Hall–Kier alpha value is -9.30. The number of ether oxygens (including phenoxy) is 2. The van der Waals surface area contributed by atoms with Crippen LogP contribution in [0.3, 0.4) is 0 Å². The van der Waals surface area contributed by atoms with Gasteiger partial charge in [0.15, 0.2) is 0 Å². The molecule has 0 spiro atoms. The van der Waals surface area contributed by atoms with E-state index >= 15 is 0 Å². The van der Waals surface area contributed by atoms with Crippen LogP contribution in [0.1, 0.15) is 49.9 Å². The highest BCUT2D eigenvalue weighted by Gasteiger charge is 2.37. The minimum Gasteiger partial charge on any atom is -0.497 e. The third kappa shape index (κ3) is 11.2. The van der Waals surface area contributed by atoms with E-state index in [1.54, 1.807) is 26.4 Å². The summed E-state index contributed by atoms with van der Waals surface area (Å²) in [6.07, 6.45) is 0. The highest BCUT2D eigenvalue weighted by Crippen LogP contribution is 2.53. The minimum atomic E-state index is -1.43. The molecule has 12 aromatic carbocycles. The molecule has 14 rings (SSSR count). The molecular formula is C80H66BBrO4. The second kappa shape index (κ2) is 24.4. The lowest BCUT2D eigenvalue weighted by Gasteiger charge is -2.23. The summed E-state index contributed by atoms with van der Waals surface area (Å²) in [7, 11) is 2.02. The van der Waals surface area contributed by atoms with Gasteiger partial charge in [-0.25, -0.2) is 0 Å². The number of benzene rings is 12. The number of hydrogen-bond donors (Lipinski definition) is 2. The zero-order chi connectivity index (χ0) is 59.5. The summed E-state index contributed by atoms with van der Waals surface area (Å²) in [5.41, 5.74) is 27.7. The van der Waals surface area contributed by atoms with Gasteiger partial charge in [0.05, 0.1) is 14.2 Å². The normalized spacial score (nSPS) is 12.7. The van der Waals surface area contributed by atoms with Gasteiger partial charge in [-0.05, 0) is 182 Å². The summed E-state index contributed by atoms with van der Waals surface area (Å²) in [6.45, 7) is 9.36. The monoisotopic (exact) mass is 1180 g/mol. The maximum atomic E-state index is 9.22. The van der Waals surface area contributed by atoms with Crippen molar-refractivity contribution >= 4 is 28.5 Å². The molecule has 0 bridgehead atoms. The number of methoxy groups -OCH3 is 2. The molecule has 0 radical (unpaired) electrons. The average Bonchev–Trinajstić information content (AvgIpc) is 1.88. The molecule has 2 aliphatic rings. The second-order valence-electron chi connectivity index (χ2n) is 23.0. The standard InChI is InChI=1S/C40H32O.C28H23BrO.C12H11BO2/c1-40(2)38-24-29(33-17-11-10-16-32(33)27-12-6-4-7-13-27)18-21-35(38)36-22-19-30(25-39(36)40)34-23-20-31(41-3)26-37(34)28-14-8-5-9-15-28;1-28(2)26-15-19(9-12-23(26)24-13-10-20(29)16-27(24)28)22-14-11-21(30-3)17-25(22)18-7-5-4-6-8-18;14-13(15)12-9-5-4-8-11(12)10-6-2-1-3-7-10/h4-26H,1-3H3;4-17H,1-3H3;1-9,14-15H. The SMILES string of the molecule is COc1ccc(-c2ccc3c(c2)C(C)(C)c2cc(-c4ccccc4-c4ccccc4)ccc2-3)c(-c2ccccc2)c1.COc1ccc(-c2ccc3c(c2)C(C)(C)c2cc(Br)ccc2-3)c(-c2ccccc2)c1.OB(O)c1ccccc1-c1ccccc1. The van der Waals surface area contributed by atoms with Crippen LogP contribution in [-0.4, -0.2) is 31.4 Å². The van der Waals surface area contributed by atoms with Gasteiger partial charge < -0.3 is 19.5 Å². The molecule has 6 heteroatoms. The maximum absolute atomic E-state index is 9.22. The van der Waals surface area contributed by atoms with E-state index < -0.39 is 7.12 Å². The van der Waals surface area contributed by atoms with Gasteiger partial charge in [0.2, 0.25) is 0 Å². The van der Waals surface area contributed by atoms with Crippen molar-refractivity contribution in [1.82, 2.24) is 0 Å². The number of hydrogen-bond acceptors (Lipinski definition) is 4. The van der Waals surface area contributed by atoms with Crippen molar-refractivity contribution in [1.29, 1.82) is 0 Å². The maximum Gasteiger partial charge on any atom is 0.489 e. The third-order valence-electron chi connectivity index (χ3n) is 17.2. The molecule has 0 fully saturated rings. The van der Waals surface area contributed by atoms with E-state index in [2.05, 4.69) is 262 Å². The Labute approximate surface area is 515 Å². The van der Waals surface area contributed by atoms with E-state index in [1.807, 2.05) is 48.5 Å². The van der Waals surface area contributed by atoms with Crippen LogP contribution in [0.2, 0.25) is 0 Å². The lowest BCUT2D eigenvalue weighted by Crippen LogP contribution is -2.31. The van der Waals surface area contributed by atoms with E-state index in [9.17, 15) is 10.0 Å². The van der Waals surface area contributed by atoms with Crippen LogP contribution in [0.5, 0.6) is 11.5 Å². The third-order valence-corrected chi connectivity index (χ3v) is 17.7. The van der Waals surface area contributed by atoms with Crippen molar-refractivity contribution in [2.75, 3.05) is 14.2 Å². The molecule has 2 N–H and O–H groups in total. The van der Waals surface area contributed by atoms with Crippen LogP contribution in [-0.2, 0) is 10.8 Å². The summed E-state index contributed by atoms with van der Waals surface area (Å²) >= 11 is 3.65. The van der Waals surface area contributed by atoms with Crippen LogP contribution in [0.25, 0.3) is 100 Å². The molecule has 420 valence electrons. The minimum absolute atomic E-state index is 0.0379. The zero-order valence-electron chi connectivity index (χ0n) is 49.2. The van der Waals surface area contributed by atoms with Gasteiger partial charge in [0, 0.05) is 15.3 Å². The van der Waals surface area contributed by atoms with Gasteiger partial charge >= 0.3 is 7.12 Å². The first-order valence-electron chi connectivity index (χ1n) is 29.2. The predicted molar refractivity (Wildman–Crippen MR) is 363 cm³/mol. The molecule has 0 aromatic heterocycles. The summed E-state index contributed by atoms with van der Waals surface area (Å²) in [5.74, 6) is 1.74. The first-order chi connectivity index (χ1) is 41.8. The summed E-state index contributed by atoms with van der Waals surface area (Å²) in [4.78, 5) is 0. The topological polar surface area (TPSA) is 58.9 Å². The molecule has 0 atom stereocenters. The molecule has 2 aliphatic carbocycles. The lowest BCUT2D eigenvalue weighted by molar-refractivity contribution is 0.415. The van der Waals surface area contributed by atoms with E-state index in [0.29, 0.717) is 5.46 Å². The van der Waals surface area contributed by atoms with Gasteiger partial charge in [-0.3, -0.25) is 0 Å². The summed E-state index contributed by atoms with van der Waals surface area (Å²) in [6, 6.07) is 97.8. The fourth-order valence-corrected chi connectivity index (χ4v) is 13.0. The molecule has 0 saturated carbocycles. The van der Waals surface area contributed by atoms with Crippen molar-refractivity contribution in [3.05, 3.63) is 306 Å². The van der Waals surface area contributed by atoms with Crippen LogP contribution >= 0.6 is 15.9 Å². The predicted octanol–water partition coefficient (Wildman–Crippen LogP) is 19.8. The van der Waals surface area contributed by atoms with Crippen LogP contribution in [0.4, 0.5) is 0 Å². The molecule has 0 saturated heterocycles. The number of rotatable bonds is 10. The molecule has 0 unspecified atom stereocenters. The largest absolute Gasteiger partial charge is 0.497 e. The van der Waals surface area contributed by atoms with E-state index in [0.717, 1.165) is 27.1 Å². The van der Waals surface area contributed by atoms with E-state index in [4.69, 9.17) is 9.47 Å². The zero-order valence-corrected chi connectivity index (χ0v) is 50.8. The molecule has 86 heavy (non-hydrogen) atoms. The molecule has 0 aliphatic heterocycles. The smallest absolute Gasteiger partial charge is 0.489 e. The quantitative estimate of drug-likeness (QED) is 0.134. The molecular weight excluding hydrogens is 1120 g/mol. The van der Waals surface area contributed by atoms with Crippen LogP contribution in [0.15, 0.2) is 284 Å². The lowest BCUT2D eigenvalue weighted by atomic mass is 9.75. The summed E-state index contributed by atoms with van der Waals surface area (Å²) < 4.78 is 12.3. The Kier molecular flexibility index (Phi) is 16.2. The van der Waals surface area contributed by atoms with E-state index in [1.165, 1.54) is 111 Å². The molecule has 0 amide bonds. The Morgan fingerprint density at radius 1 is 0.279 bits per heavy atom. The summed E-state index contributed by atoms with van der Waals surface area (Å²) in [5, 5.41) is 18.4. The molecule has 12 aromatic rings. The number of fused-ring (bicyclic) bond motifs is 6. The van der Waals surface area contributed by atoms with Gasteiger partial charge in [0.25, 0.3) is 0 Å². The van der Waals surface area contributed by atoms with E-state index in [-0.39, 0.29) is 10.8 Å². The van der Waals surface area contributed by atoms with Crippen molar-refractivity contribution < 1.29 is 19.5 Å². The average molecular weight is 1180 g/mol. The Bertz CT molecular complexity index is 4400. The van der Waals surface area contributed by atoms with Gasteiger partial charge in [-0.1, -0.05) is 268 Å². The fraction of sp³-hybridized carbons (Fsp3) is 0.100. The number of halogens is 1. The van der Waals surface area contributed by atoms with Crippen LogP contribution in [0, 0.1) is 0 Å². The Morgan fingerprint density at radius 2 is 0.570 bits per heavy atom.